The van der Waals surface area contributed by atoms with E-state index in [1.807, 2.05) is 0 Å². The van der Waals surface area contributed by atoms with Crippen molar-refractivity contribution in [2.45, 2.75) is 12.8 Å². The van der Waals surface area contributed by atoms with Gasteiger partial charge in [-0.2, -0.15) is 0 Å². The molecule has 4 nitrogen and oxygen atoms in total. The highest BCUT2D eigenvalue weighted by Gasteiger charge is 2.19. The van der Waals surface area contributed by atoms with Crippen LogP contribution in [0.15, 0.2) is 12.1 Å². The molecule has 0 saturated heterocycles. The summed E-state index contributed by atoms with van der Waals surface area (Å²) >= 11 is 0. The zero-order chi connectivity index (χ0) is 11.5. The van der Waals surface area contributed by atoms with Crippen molar-refractivity contribution in [3.63, 3.8) is 0 Å². The van der Waals surface area contributed by atoms with Gasteiger partial charge in [-0.05, 0) is 18.1 Å². The molecule has 0 unspecified atom stereocenters. The van der Waals surface area contributed by atoms with Crippen molar-refractivity contribution >= 4 is 5.97 Å². The Bertz CT molecular complexity index is 417. The lowest BCUT2D eigenvalue weighted by molar-refractivity contribution is -0.136. The third kappa shape index (κ3) is 2.08. The fourth-order valence-electron chi connectivity index (χ4n) is 1.56. The van der Waals surface area contributed by atoms with Crippen molar-refractivity contribution < 1.29 is 23.8 Å². The van der Waals surface area contributed by atoms with E-state index in [0.717, 1.165) is 0 Å². The molecule has 0 spiro atoms. The standard InChI is InChI=1S/C11H11FO4/c12-10-7(2-4-9(13)14)1-3-8-11(10)16-6-5-15-8/h1,3H,2,4-6H2,(H,13,14). The molecule has 1 heterocycles. The average Bonchev–Trinajstić information content (AvgIpc) is 2.28. The van der Waals surface area contributed by atoms with Crippen LogP contribution in [0.1, 0.15) is 12.0 Å². The molecular weight excluding hydrogens is 215 g/mol. The highest BCUT2D eigenvalue weighted by atomic mass is 19.1. The van der Waals surface area contributed by atoms with E-state index < -0.39 is 11.8 Å². The second kappa shape index (κ2) is 4.38. The molecule has 1 aromatic carbocycles. The van der Waals surface area contributed by atoms with Gasteiger partial charge in [-0.25, -0.2) is 4.39 Å². The Balaban J connectivity index is 2.23. The number of carboxylic acids is 1. The van der Waals surface area contributed by atoms with Crippen LogP contribution in [0.5, 0.6) is 11.5 Å². The van der Waals surface area contributed by atoms with Crippen molar-refractivity contribution in [3.8, 4) is 11.5 Å². The number of ether oxygens (including phenoxy) is 2. The maximum absolute atomic E-state index is 13.8. The van der Waals surface area contributed by atoms with Crippen LogP contribution in [-0.2, 0) is 11.2 Å². The highest BCUT2D eigenvalue weighted by molar-refractivity contribution is 5.67. The molecule has 2 rings (SSSR count). The van der Waals surface area contributed by atoms with Gasteiger partial charge in [-0.3, -0.25) is 4.79 Å². The summed E-state index contributed by atoms with van der Waals surface area (Å²) in [6, 6.07) is 3.14. The summed E-state index contributed by atoms with van der Waals surface area (Å²) in [7, 11) is 0. The van der Waals surface area contributed by atoms with E-state index in [4.69, 9.17) is 14.6 Å². The maximum Gasteiger partial charge on any atom is 0.303 e. The minimum Gasteiger partial charge on any atom is -0.486 e. The van der Waals surface area contributed by atoms with Gasteiger partial charge in [0.1, 0.15) is 13.2 Å². The first-order valence-electron chi connectivity index (χ1n) is 4.97. The van der Waals surface area contributed by atoms with E-state index in [1.165, 1.54) is 6.07 Å². The molecule has 1 aromatic rings. The van der Waals surface area contributed by atoms with Gasteiger partial charge >= 0.3 is 5.97 Å². The van der Waals surface area contributed by atoms with Gasteiger partial charge in [0, 0.05) is 6.42 Å². The first-order chi connectivity index (χ1) is 7.68. The molecule has 0 radical (unpaired) electrons. The number of hydrogen-bond acceptors (Lipinski definition) is 3. The molecule has 1 aliphatic rings. The van der Waals surface area contributed by atoms with Crippen molar-refractivity contribution in [2.24, 2.45) is 0 Å². The predicted molar refractivity (Wildman–Crippen MR) is 53.3 cm³/mol. The third-order valence-corrected chi connectivity index (χ3v) is 2.34. The molecule has 0 saturated carbocycles. The second-order valence-electron chi connectivity index (χ2n) is 3.46. The van der Waals surface area contributed by atoms with E-state index in [1.54, 1.807) is 6.07 Å². The number of rotatable bonds is 3. The summed E-state index contributed by atoms with van der Waals surface area (Å²) in [5, 5.41) is 8.53. The number of aliphatic carboxylic acids is 1. The second-order valence-corrected chi connectivity index (χ2v) is 3.46. The maximum atomic E-state index is 13.8. The zero-order valence-electron chi connectivity index (χ0n) is 8.53. The number of hydrogen-bond donors (Lipinski definition) is 1. The predicted octanol–water partition coefficient (Wildman–Crippen LogP) is 1.61. The first kappa shape index (κ1) is 10.7. The van der Waals surface area contributed by atoms with Crippen LogP contribution >= 0.6 is 0 Å². The lowest BCUT2D eigenvalue weighted by atomic mass is 10.1. The summed E-state index contributed by atoms with van der Waals surface area (Å²) in [5.74, 6) is -0.996. The quantitative estimate of drug-likeness (QED) is 0.850. The van der Waals surface area contributed by atoms with E-state index in [0.29, 0.717) is 24.5 Å². The Morgan fingerprint density at radius 3 is 2.88 bits per heavy atom. The minimum absolute atomic E-state index is 0.0918. The lowest BCUT2D eigenvalue weighted by Gasteiger charge is -2.19. The van der Waals surface area contributed by atoms with Crippen molar-refractivity contribution in [1.29, 1.82) is 0 Å². The normalized spacial score (nSPS) is 13.6. The molecule has 5 heteroatoms. The summed E-state index contributed by atoms with van der Waals surface area (Å²) in [4.78, 5) is 10.4. The molecule has 86 valence electrons. The van der Waals surface area contributed by atoms with Crippen LogP contribution in [0.4, 0.5) is 4.39 Å². The Morgan fingerprint density at radius 1 is 1.38 bits per heavy atom. The number of aryl methyl sites for hydroxylation is 1. The van der Waals surface area contributed by atoms with E-state index in [9.17, 15) is 9.18 Å². The van der Waals surface area contributed by atoms with Crippen LogP contribution in [0.2, 0.25) is 0 Å². The molecule has 1 N–H and O–H groups in total. The van der Waals surface area contributed by atoms with Crippen LogP contribution in [0.25, 0.3) is 0 Å². The minimum atomic E-state index is -0.950. The molecule has 0 aromatic heterocycles. The van der Waals surface area contributed by atoms with Crippen molar-refractivity contribution in [2.75, 3.05) is 13.2 Å². The molecule has 0 amide bonds. The topological polar surface area (TPSA) is 55.8 Å². The third-order valence-electron chi connectivity index (χ3n) is 2.34. The highest BCUT2D eigenvalue weighted by Crippen LogP contribution is 2.34. The van der Waals surface area contributed by atoms with Crippen LogP contribution in [-0.4, -0.2) is 24.3 Å². The van der Waals surface area contributed by atoms with Crippen LogP contribution in [0.3, 0.4) is 0 Å². The Kier molecular flexibility index (Phi) is 2.94. The molecule has 0 atom stereocenters. The SMILES string of the molecule is O=C(O)CCc1ccc2c(c1F)OCCO2. The monoisotopic (exact) mass is 226 g/mol. The first-order valence-corrected chi connectivity index (χ1v) is 4.97. The Morgan fingerprint density at radius 2 is 2.12 bits per heavy atom. The number of halogens is 1. The molecule has 1 aliphatic heterocycles. The van der Waals surface area contributed by atoms with Gasteiger partial charge in [-0.1, -0.05) is 6.07 Å². The Hall–Kier alpha value is -1.78. The van der Waals surface area contributed by atoms with Crippen molar-refractivity contribution in [3.05, 3.63) is 23.5 Å². The van der Waals surface area contributed by atoms with Gasteiger partial charge < -0.3 is 14.6 Å². The van der Waals surface area contributed by atoms with E-state index >= 15 is 0 Å². The number of benzene rings is 1. The van der Waals surface area contributed by atoms with E-state index in [-0.39, 0.29) is 18.6 Å². The van der Waals surface area contributed by atoms with Crippen LogP contribution < -0.4 is 9.47 Å². The van der Waals surface area contributed by atoms with Gasteiger partial charge in [-0.15, -0.1) is 0 Å². The molecule has 0 aliphatic carbocycles. The summed E-state index contributed by atoms with van der Waals surface area (Å²) in [5.41, 5.74) is 0.339. The van der Waals surface area contributed by atoms with Gasteiger partial charge in [0.2, 0.25) is 0 Å². The molecule has 0 fully saturated rings. The van der Waals surface area contributed by atoms with E-state index in [2.05, 4.69) is 0 Å². The number of carbonyl (C=O) groups is 1. The smallest absolute Gasteiger partial charge is 0.303 e. The molecule has 0 bridgehead atoms. The van der Waals surface area contributed by atoms with Crippen LogP contribution in [0, 0.1) is 5.82 Å². The Labute approximate surface area is 91.6 Å². The summed E-state index contributed by atoms with van der Waals surface area (Å²) < 4.78 is 24.2. The van der Waals surface area contributed by atoms with Gasteiger partial charge in [0.05, 0.1) is 0 Å². The average molecular weight is 226 g/mol. The zero-order valence-corrected chi connectivity index (χ0v) is 8.53. The fourth-order valence-corrected chi connectivity index (χ4v) is 1.56. The lowest BCUT2D eigenvalue weighted by Crippen LogP contribution is -2.17. The number of fused-ring (bicyclic) bond motifs is 1. The number of carboxylic acid groups (broad SMARTS) is 1. The molecule has 16 heavy (non-hydrogen) atoms. The largest absolute Gasteiger partial charge is 0.486 e. The summed E-state index contributed by atoms with van der Waals surface area (Å²) in [6.07, 6.45) is 0.0500. The van der Waals surface area contributed by atoms with Gasteiger partial charge in [0.15, 0.2) is 17.3 Å². The van der Waals surface area contributed by atoms with Gasteiger partial charge in [0.25, 0.3) is 0 Å². The fraction of sp³-hybridized carbons (Fsp3) is 0.364. The molecular formula is C11H11FO4. The van der Waals surface area contributed by atoms with Crippen molar-refractivity contribution in [1.82, 2.24) is 0 Å². The summed E-state index contributed by atoms with van der Waals surface area (Å²) in [6.45, 7) is 0.715.